The van der Waals surface area contributed by atoms with Crippen LogP contribution >= 0.6 is 11.3 Å². The zero-order valence-electron chi connectivity index (χ0n) is 20.1. The Labute approximate surface area is 198 Å². The van der Waals surface area contributed by atoms with Gasteiger partial charge in [0.2, 0.25) is 22.1 Å². The minimum Gasteiger partial charge on any atom is -0.358 e. The summed E-state index contributed by atoms with van der Waals surface area (Å²) in [4.78, 5) is 22.9. The molecule has 0 aliphatic carbocycles. The molecule has 1 aromatic heterocycles. The Bertz CT molecular complexity index is 648. The lowest BCUT2D eigenvalue weighted by Gasteiger charge is -2.02. The predicted octanol–water partition coefficient (Wildman–Crippen LogP) is 6.06. The highest BCUT2D eigenvalue weighted by Crippen LogP contribution is 2.20. The van der Waals surface area contributed by atoms with Gasteiger partial charge in [0.1, 0.15) is 0 Å². The van der Waals surface area contributed by atoms with Crippen molar-refractivity contribution in [3.05, 3.63) is 12.2 Å². The Hall–Kier alpha value is -1.96. The number of hydrogen-bond donors (Lipinski definition) is 3. The highest BCUT2D eigenvalue weighted by Gasteiger charge is 2.07. The topological polar surface area (TPSA) is 96.0 Å². The molecule has 0 aliphatic heterocycles. The van der Waals surface area contributed by atoms with E-state index in [-0.39, 0.29) is 11.8 Å². The van der Waals surface area contributed by atoms with E-state index in [0.717, 1.165) is 12.8 Å². The van der Waals surface area contributed by atoms with Crippen LogP contribution < -0.4 is 16.0 Å². The van der Waals surface area contributed by atoms with E-state index >= 15 is 0 Å². The molecule has 0 fully saturated rings. The molecule has 0 bridgehead atoms. The van der Waals surface area contributed by atoms with Gasteiger partial charge >= 0.3 is 0 Å². The van der Waals surface area contributed by atoms with E-state index in [9.17, 15) is 9.59 Å². The van der Waals surface area contributed by atoms with E-state index in [1.54, 1.807) is 0 Å². The zero-order valence-corrected chi connectivity index (χ0v) is 20.9. The smallest absolute Gasteiger partial charge is 0.226 e. The summed E-state index contributed by atoms with van der Waals surface area (Å²) in [7, 11) is 0. The second kappa shape index (κ2) is 19.7. The van der Waals surface area contributed by atoms with Crippen molar-refractivity contribution in [3.8, 4) is 0 Å². The Balaban J connectivity index is 1.93. The van der Waals surface area contributed by atoms with Gasteiger partial charge in [-0.25, -0.2) is 0 Å². The standard InChI is InChI=1S/C24H43N5O2S/c1-3-4-5-6-7-8-9-10-11-12-13-14-15-16-17-18-22(31)27-24-29-28-23(32-24)26-20-19-25-21(2)30/h10-11H,3-9,12-20H2,1-2H3,(H,25,30)(H,26,28)(H,27,29,31)/b11-10+. The molecule has 3 N–H and O–H groups in total. The van der Waals surface area contributed by atoms with Crippen LogP contribution in [0.4, 0.5) is 10.3 Å². The van der Waals surface area contributed by atoms with E-state index in [0.29, 0.717) is 29.8 Å². The minimum atomic E-state index is -0.0624. The lowest BCUT2D eigenvalue weighted by Crippen LogP contribution is -2.26. The summed E-state index contributed by atoms with van der Waals surface area (Å²) in [6.45, 7) is 4.83. The SMILES string of the molecule is CCCCCCCC/C=C/CCCCCCCC(=O)Nc1nnc(NCCNC(C)=O)s1. The summed E-state index contributed by atoms with van der Waals surface area (Å²) >= 11 is 1.30. The molecule has 1 heterocycles. The predicted molar refractivity (Wildman–Crippen MR) is 135 cm³/mol. The lowest BCUT2D eigenvalue weighted by molar-refractivity contribution is -0.119. The molecule has 8 heteroatoms. The summed E-state index contributed by atoms with van der Waals surface area (Å²) in [6, 6.07) is 0. The number of amides is 2. The summed E-state index contributed by atoms with van der Waals surface area (Å²) in [5.74, 6) is -0.0729. The molecular formula is C24H43N5O2S. The number of nitrogens with zero attached hydrogens (tertiary/aromatic N) is 2. The number of carbonyl (C=O) groups excluding carboxylic acids is 2. The van der Waals surface area contributed by atoms with Crippen molar-refractivity contribution < 1.29 is 9.59 Å². The van der Waals surface area contributed by atoms with Crippen molar-refractivity contribution in [2.75, 3.05) is 23.7 Å². The second-order valence-corrected chi connectivity index (χ2v) is 9.18. The molecule has 32 heavy (non-hydrogen) atoms. The van der Waals surface area contributed by atoms with E-state index < -0.39 is 0 Å². The van der Waals surface area contributed by atoms with Crippen LogP contribution in [0.5, 0.6) is 0 Å². The highest BCUT2D eigenvalue weighted by atomic mass is 32.1. The first kappa shape index (κ1) is 28.1. The number of aromatic nitrogens is 2. The summed E-state index contributed by atoms with van der Waals surface area (Å²) in [6.07, 6.45) is 21.4. The van der Waals surface area contributed by atoms with Crippen molar-refractivity contribution in [2.24, 2.45) is 0 Å². The van der Waals surface area contributed by atoms with Crippen LogP contribution in [0.2, 0.25) is 0 Å². The van der Waals surface area contributed by atoms with Gasteiger partial charge < -0.3 is 16.0 Å². The van der Waals surface area contributed by atoms with E-state index in [1.807, 2.05) is 0 Å². The molecule has 1 aromatic rings. The molecule has 0 radical (unpaired) electrons. The van der Waals surface area contributed by atoms with Gasteiger partial charge in [0.15, 0.2) is 0 Å². The Kier molecular flexibility index (Phi) is 17.3. The van der Waals surface area contributed by atoms with Gasteiger partial charge in [-0.15, -0.1) is 10.2 Å². The number of unbranched alkanes of at least 4 members (excludes halogenated alkanes) is 11. The Morgan fingerprint density at radius 3 is 2.06 bits per heavy atom. The number of nitrogens with one attached hydrogen (secondary N) is 3. The van der Waals surface area contributed by atoms with E-state index in [4.69, 9.17) is 0 Å². The Morgan fingerprint density at radius 2 is 1.41 bits per heavy atom. The molecule has 1 rings (SSSR count). The molecule has 0 spiro atoms. The second-order valence-electron chi connectivity index (χ2n) is 8.20. The molecule has 0 atom stereocenters. The molecule has 2 amide bonds. The monoisotopic (exact) mass is 465 g/mol. The minimum absolute atomic E-state index is 0.0106. The lowest BCUT2D eigenvalue weighted by atomic mass is 10.1. The highest BCUT2D eigenvalue weighted by molar-refractivity contribution is 7.19. The van der Waals surface area contributed by atoms with Crippen LogP contribution in [0.3, 0.4) is 0 Å². The van der Waals surface area contributed by atoms with Gasteiger partial charge in [-0.2, -0.15) is 0 Å². The third-order valence-electron chi connectivity index (χ3n) is 5.11. The summed E-state index contributed by atoms with van der Waals surface area (Å²) in [5.41, 5.74) is 0. The van der Waals surface area contributed by atoms with Crippen LogP contribution in [0.25, 0.3) is 0 Å². The van der Waals surface area contributed by atoms with E-state index in [2.05, 4.69) is 45.2 Å². The van der Waals surface area contributed by atoms with Crippen molar-refractivity contribution in [2.45, 2.75) is 104 Å². The quantitative estimate of drug-likeness (QED) is 0.161. The summed E-state index contributed by atoms with van der Waals surface area (Å²) < 4.78 is 0. The largest absolute Gasteiger partial charge is 0.358 e. The van der Waals surface area contributed by atoms with Crippen LogP contribution in [-0.2, 0) is 9.59 Å². The van der Waals surface area contributed by atoms with Crippen LogP contribution in [0.15, 0.2) is 12.2 Å². The molecule has 0 unspecified atom stereocenters. The van der Waals surface area contributed by atoms with Crippen molar-refractivity contribution in [3.63, 3.8) is 0 Å². The molecule has 0 saturated carbocycles. The van der Waals surface area contributed by atoms with Crippen molar-refractivity contribution in [1.82, 2.24) is 15.5 Å². The summed E-state index contributed by atoms with van der Waals surface area (Å²) in [5, 5.41) is 17.7. The molecule has 0 aliphatic rings. The average molecular weight is 466 g/mol. The number of hydrogen-bond acceptors (Lipinski definition) is 6. The van der Waals surface area contributed by atoms with Gasteiger partial charge in [-0.1, -0.05) is 81.8 Å². The van der Waals surface area contributed by atoms with Gasteiger partial charge in [-0.05, 0) is 32.1 Å². The normalized spacial score (nSPS) is 11.1. The number of rotatable bonds is 20. The van der Waals surface area contributed by atoms with Gasteiger partial charge in [0.25, 0.3) is 0 Å². The maximum absolute atomic E-state index is 12.0. The van der Waals surface area contributed by atoms with Gasteiger partial charge in [0.05, 0.1) is 0 Å². The first-order valence-corrected chi connectivity index (χ1v) is 13.2. The fraction of sp³-hybridized carbons (Fsp3) is 0.750. The number of allylic oxidation sites excluding steroid dienone is 2. The van der Waals surface area contributed by atoms with Gasteiger partial charge in [0, 0.05) is 26.4 Å². The third kappa shape index (κ3) is 16.7. The van der Waals surface area contributed by atoms with Crippen molar-refractivity contribution in [1.29, 1.82) is 0 Å². The Morgan fingerprint density at radius 1 is 0.812 bits per heavy atom. The molecule has 7 nitrogen and oxygen atoms in total. The van der Waals surface area contributed by atoms with Crippen LogP contribution in [0, 0.1) is 0 Å². The fourth-order valence-electron chi connectivity index (χ4n) is 3.29. The van der Waals surface area contributed by atoms with Gasteiger partial charge in [-0.3, -0.25) is 9.59 Å². The number of carbonyl (C=O) groups is 2. The molecule has 0 aromatic carbocycles. The number of anilines is 2. The zero-order chi connectivity index (χ0) is 23.3. The third-order valence-corrected chi connectivity index (χ3v) is 5.91. The van der Waals surface area contributed by atoms with Crippen LogP contribution in [0.1, 0.15) is 104 Å². The molecule has 182 valence electrons. The molecular weight excluding hydrogens is 422 g/mol. The van der Waals surface area contributed by atoms with Crippen molar-refractivity contribution >= 4 is 33.4 Å². The first-order chi connectivity index (χ1) is 15.6. The average Bonchev–Trinajstić information content (AvgIpc) is 3.21. The van der Waals surface area contributed by atoms with E-state index in [1.165, 1.54) is 88.9 Å². The maximum atomic E-state index is 12.0. The fourth-order valence-corrected chi connectivity index (χ4v) is 3.98. The molecule has 0 saturated heterocycles. The van der Waals surface area contributed by atoms with Crippen LogP contribution in [-0.4, -0.2) is 35.1 Å². The maximum Gasteiger partial charge on any atom is 0.226 e. The first-order valence-electron chi connectivity index (χ1n) is 12.4.